The Morgan fingerprint density at radius 1 is 1.22 bits per heavy atom. The largest absolute Gasteiger partial charge is 0.496 e. The van der Waals surface area contributed by atoms with Gasteiger partial charge in [-0.2, -0.15) is 0 Å². The van der Waals surface area contributed by atoms with Crippen molar-refractivity contribution in [2.45, 2.75) is 38.7 Å². The van der Waals surface area contributed by atoms with Crippen molar-refractivity contribution >= 4 is 0 Å². The summed E-state index contributed by atoms with van der Waals surface area (Å²) >= 11 is 0. The minimum absolute atomic E-state index is 0.604. The molecule has 0 spiro atoms. The summed E-state index contributed by atoms with van der Waals surface area (Å²) in [6, 6.07) is 4.09. The van der Waals surface area contributed by atoms with Gasteiger partial charge >= 0.3 is 0 Å². The third-order valence-corrected chi connectivity index (χ3v) is 3.67. The summed E-state index contributed by atoms with van der Waals surface area (Å²) in [5.74, 6) is 0.789. The van der Waals surface area contributed by atoms with Crippen LogP contribution in [0.1, 0.15) is 36.0 Å². The predicted octanol–water partition coefficient (Wildman–Crippen LogP) is 2.70. The van der Waals surface area contributed by atoms with Crippen LogP contribution in [0, 0.1) is 13.8 Å². The molecule has 0 radical (unpaired) electrons. The number of ether oxygens (including phenoxy) is 2. The van der Waals surface area contributed by atoms with E-state index in [9.17, 15) is 5.11 Å². The summed E-state index contributed by atoms with van der Waals surface area (Å²) in [6.45, 7) is 5.41. The Balaban J connectivity index is 2.47. The lowest BCUT2D eigenvalue weighted by atomic mass is 9.83. The molecular weight excluding hydrogens is 228 g/mol. The zero-order valence-electron chi connectivity index (χ0n) is 11.5. The number of aryl methyl sites for hydroxylation is 2. The molecule has 0 aliphatic carbocycles. The van der Waals surface area contributed by atoms with Crippen LogP contribution in [0.4, 0.5) is 0 Å². The second-order valence-corrected chi connectivity index (χ2v) is 5.16. The molecule has 1 aliphatic rings. The Labute approximate surface area is 109 Å². The topological polar surface area (TPSA) is 38.7 Å². The van der Waals surface area contributed by atoms with Crippen LogP contribution >= 0.6 is 0 Å². The second-order valence-electron chi connectivity index (χ2n) is 5.16. The van der Waals surface area contributed by atoms with Gasteiger partial charge in [0.1, 0.15) is 5.75 Å². The summed E-state index contributed by atoms with van der Waals surface area (Å²) < 4.78 is 10.9. The lowest BCUT2D eigenvalue weighted by Gasteiger charge is -2.30. The third-order valence-electron chi connectivity index (χ3n) is 3.67. The first kappa shape index (κ1) is 13.4. The molecule has 0 aromatic heterocycles. The van der Waals surface area contributed by atoms with E-state index in [2.05, 4.69) is 6.07 Å². The molecule has 0 amide bonds. The van der Waals surface area contributed by atoms with E-state index in [0.717, 1.165) is 41.9 Å². The first-order valence-corrected chi connectivity index (χ1v) is 6.53. The summed E-state index contributed by atoms with van der Waals surface area (Å²) in [5.41, 5.74) is 2.36. The van der Waals surface area contributed by atoms with E-state index in [-0.39, 0.29) is 0 Å². The van der Waals surface area contributed by atoms with Crippen LogP contribution in [-0.2, 0) is 10.3 Å². The summed E-state index contributed by atoms with van der Waals surface area (Å²) in [4.78, 5) is 0. The highest BCUT2D eigenvalue weighted by Crippen LogP contribution is 2.40. The average Bonchev–Trinajstić information content (AvgIpc) is 2.53. The number of rotatable bonds is 2. The molecule has 3 nitrogen and oxygen atoms in total. The minimum Gasteiger partial charge on any atom is -0.496 e. The van der Waals surface area contributed by atoms with Gasteiger partial charge in [0.15, 0.2) is 0 Å². The smallest absolute Gasteiger partial charge is 0.125 e. The van der Waals surface area contributed by atoms with E-state index in [1.165, 1.54) is 0 Å². The quantitative estimate of drug-likeness (QED) is 0.877. The van der Waals surface area contributed by atoms with Crippen LogP contribution in [0.2, 0.25) is 0 Å². The first-order valence-electron chi connectivity index (χ1n) is 6.53. The molecule has 100 valence electrons. The van der Waals surface area contributed by atoms with Crippen LogP contribution in [0.5, 0.6) is 5.75 Å². The SMILES string of the molecule is COc1cc(C)cc(C)c1C1(O)CCCOCC1. The van der Waals surface area contributed by atoms with Gasteiger partial charge in [0.25, 0.3) is 0 Å². The van der Waals surface area contributed by atoms with Crippen molar-refractivity contribution in [3.63, 3.8) is 0 Å². The predicted molar refractivity (Wildman–Crippen MR) is 71.0 cm³/mol. The number of aliphatic hydroxyl groups is 1. The molecule has 1 saturated heterocycles. The number of methoxy groups -OCH3 is 1. The molecule has 1 N–H and O–H groups in total. The highest BCUT2D eigenvalue weighted by atomic mass is 16.5. The van der Waals surface area contributed by atoms with Gasteiger partial charge in [-0.15, -0.1) is 0 Å². The fourth-order valence-electron chi connectivity index (χ4n) is 2.87. The molecule has 18 heavy (non-hydrogen) atoms. The normalized spacial score (nSPS) is 24.7. The highest BCUT2D eigenvalue weighted by Gasteiger charge is 2.34. The highest BCUT2D eigenvalue weighted by molar-refractivity contribution is 5.46. The van der Waals surface area contributed by atoms with Gasteiger partial charge in [0.05, 0.1) is 12.7 Å². The minimum atomic E-state index is -0.820. The van der Waals surface area contributed by atoms with Gasteiger partial charge in [0, 0.05) is 25.2 Å². The molecule has 1 fully saturated rings. The average molecular weight is 250 g/mol. The van der Waals surface area contributed by atoms with Gasteiger partial charge < -0.3 is 14.6 Å². The molecule has 2 rings (SSSR count). The van der Waals surface area contributed by atoms with Crippen LogP contribution in [-0.4, -0.2) is 25.4 Å². The van der Waals surface area contributed by atoms with Crippen LogP contribution in [0.25, 0.3) is 0 Å². The maximum absolute atomic E-state index is 10.9. The Hall–Kier alpha value is -1.06. The molecule has 0 bridgehead atoms. The number of benzene rings is 1. The van der Waals surface area contributed by atoms with Crippen molar-refractivity contribution in [1.82, 2.24) is 0 Å². The zero-order chi connectivity index (χ0) is 13.2. The van der Waals surface area contributed by atoms with E-state index >= 15 is 0 Å². The summed E-state index contributed by atoms with van der Waals surface area (Å²) in [5, 5.41) is 10.9. The van der Waals surface area contributed by atoms with Crippen molar-refractivity contribution in [2.24, 2.45) is 0 Å². The molecular formula is C15H22O3. The Morgan fingerprint density at radius 2 is 2.00 bits per heavy atom. The summed E-state index contributed by atoms with van der Waals surface area (Å²) in [7, 11) is 1.66. The van der Waals surface area contributed by atoms with Crippen molar-refractivity contribution in [2.75, 3.05) is 20.3 Å². The van der Waals surface area contributed by atoms with Crippen LogP contribution in [0.15, 0.2) is 12.1 Å². The molecule has 1 unspecified atom stereocenters. The standard InChI is InChI=1S/C15H22O3/c1-11-9-12(2)14(13(10-11)17-3)15(16)5-4-7-18-8-6-15/h9-10,16H,4-8H2,1-3H3. The lowest BCUT2D eigenvalue weighted by molar-refractivity contribution is 0.0118. The maximum Gasteiger partial charge on any atom is 0.125 e. The molecule has 1 aliphatic heterocycles. The Kier molecular flexibility index (Phi) is 3.93. The Morgan fingerprint density at radius 3 is 2.72 bits per heavy atom. The van der Waals surface area contributed by atoms with Crippen LogP contribution < -0.4 is 4.74 Å². The third kappa shape index (κ3) is 2.52. The fraction of sp³-hybridized carbons (Fsp3) is 0.600. The fourth-order valence-corrected chi connectivity index (χ4v) is 2.87. The second kappa shape index (κ2) is 5.29. The molecule has 1 heterocycles. The van der Waals surface area contributed by atoms with Gasteiger partial charge in [0.2, 0.25) is 0 Å². The molecule has 3 heteroatoms. The monoisotopic (exact) mass is 250 g/mol. The zero-order valence-corrected chi connectivity index (χ0v) is 11.5. The van der Waals surface area contributed by atoms with Crippen molar-refractivity contribution in [3.8, 4) is 5.75 Å². The Bertz CT molecular complexity index is 418. The first-order chi connectivity index (χ1) is 8.57. The molecule has 1 aromatic rings. The van der Waals surface area contributed by atoms with Crippen molar-refractivity contribution in [3.05, 3.63) is 28.8 Å². The van der Waals surface area contributed by atoms with E-state index in [4.69, 9.17) is 9.47 Å². The van der Waals surface area contributed by atoms with Crippen molar-refractivity contribution < 1.29 is 14.6 Å². The lowest BCUT2D eigenvalue weighted by Crippen LogP contribution is -2.27. The van der Waals surface area contributed by atoms with Gasteiger partial charge in [-0.3, -0.25) is 0 Å². The van der Waals surface area contributed by atoms with Gasteiger partial charge in [-0.25, -0.2) is 0 Å². The van der Waals surface area contributed by atoms with E-state index in [1.807, 2.05) is 19.9 Å². The van der Waals surface area contributed by atoms with Crippen LogP contribution in [0.3, 0.4) is 0 Å². The summed E-state index contributed by atoms with van der Waals surface area (Å²) in [6.07, 6.45) is 2.24. The van der Waals surface area contributed by atoms with E-state index < -0.39 is 5.60 Å². The molecule has 0 saturated carbocycles. The number of hydrogen-bond acceptors (Lipinski definition) is 3. The maximum atomic E-state index is 10.9. The van der Waals surface area contributed by atoms with Crippen molar-refractivity contribution in [1.29, 1.82) is 0 Å². The van der Waals surface area contributed by atoms with Gasteiger partial charge in [-0.05, 0) is 43.9 Å². The van der Waals surface area contributed by atoms with E-state index in [1.54, 1.807) is 7.11 Å². The van der Waals surface area contributed by atoms with E-state index in [0.29, 0.717) is 13.0 Å². The molecule has 1 aromatic carbocycles. The van der Waals surface area contributed by atoms with Gasteiger partial charge in [-0.1, -0.05) is 6.07 Å². The molecule has 1 atom stereocenters. The number of hydrogen-bond donors (Lipinski definition) is 1.